The van der Waals surface area contributed by atoms with E-state index in [-0.39, 0.29) is 0 Å². The van der Waals surface area contributed by atoms with E-state index >= 15 is 0 Å². The number of aromatic nitrogens is 5. The molecule has 3 aromatic rings. The molecule has 110 valence electrons. The van der Waals surface area contributed by atoms with Gasteiger partial charge in [-0.25, -0.2) is 9.67 Å². The molecule has 0 fully saturated rings. The minimum absolute atomic E-state index is 0.637. The zero-order valence-corrected chi connectivity index (χ0v) is 12.4. The van der Waals surface area contributed by atoms with Crippen molar-refractivity contribution in [3.8, 4) is 0 Å². The van der Waals surface area contributed by atoms with E-state index in [1.54, 1.807) is 0 Å². The quantitative estimate of drug-likeness (QED) is 0.749. The van der Waals surface area contributed by atoms with Gasteiger partial charge < -0.3 is 9.72 Å². The van der Waals surface area contributed by atoms with Crippen LogP contribution >= 0.6 is 0 Å². The summed E-state index contributed by atoms with van der Waals surface area (Å²) in [4.78, 5) is 4.56. The monoisotopic (exact) mass is 284 g/mol. The van der Waals surface area contributed by atoms with Crippen molar-refractivity contribution in [1.82, 2.24) is 29.7 Å². The first kappa shape index (κ1) is 13.8. The Hall–Kier alpha value is -2.21. The van der Waals surface area contributed by atoms with E-state index in [2.05, 4.69) is 34.5 Å². The first-order valence-electron chi connectivity index (χ1n) is 7.23. The predicted molar refractivity (Wildman–Crippen MR) is 80.9 cm³/mol. The lowest BCUT2D eigenvalue weighted by atomic mass is 10.2. The minimum atomic E-state index is 0.637. The summed E-state index contributed by atoms with van der Waals surface area (Å²) >= 11 is 0. The van der Waals surface area contributed by atoms with Crippen molar-refractivity contribution in [3.05, 3.63) is 48.2 Å². The van der Waals surface area contributed by atoms with E-state index in [4.69, 9.17) is 0 Å². The Morgan fingerprint density at radius 3 is 2.90 bits per heavy atom. The lowest BCUT2D eigenvalue weighted by molar-refractivity contribution is 0.548. The molecule has 0 radical (unpaired) electrons. The van der Waals surface area contributed by atoms with Gasteiger partial charge in [0.1, 0.15) is 5.65 Å². The number of rotatable bonds is 6. The van der Waals surface area contributed by atoms with Crippen LogP contribution in [0.25, 0.3) is 5.65 Å². The third-order valence-corrected chi connectivity index (χ3v) is 3.18. The van der Waals surface area contributed by atoms with E-state index in [1.807, 2.05) is 45.9 Å². The molecule has 0 bridgehead atoms. The number of nitrogens with one attached hydrogen (secondary N) is 1. The summed E-state index contributed by atoms with van der Waals surface area (Å²) in [6, 6.07) is 5.97. The largest absolute Gasteiger partial charge is 0.311 e. The molecule has 1 N–H and O–H groups in total. The van der Waals surface area contributed by atoms with Gasteiger partial charge in [0.05, 0.1) is 24.1 Å². The van der Waals surface area contributed by atoms with Crippen LogP contribution in [0, 0.1) is 5.92 Å². The molecule has 0 aliphatic heterocycles. The van der Waals surface area contributed by atoms with Crippen molar-refractivity contribution < 1.29 is 0 Å². The number of pyridine rings is 1. The molecule has 21 heavy (non-hydrogen) atoms. The summed E-state index contributed by atoms with van der Waals surface area (Å²) in [6.07, 6.45) is 5.99. The van der Waals surface area contributed by atoms with Crippen LogP contribution in [0.3, 0.4) is 0 Å². The molecule has 0 aliphatic rings. The number of imidazole rings is 1. The van der Waals surface area contributed by atoms with Crippen molar-refractivity contribution >= 4 is 5.65 Å². The Kier molecular flexibility index (Phi) is 3.96. The van der Waals surface area contributed by atoms with Gasteiger partial charge in [0.15, 0.2) is 0 Å². The molecule has 0 saturated heterocycles. The normalized spacial score (nSPS) is 11.6. The molecule has 6 nitrogen and oxygen atoms in total. The van der Waals surface area contributed by atoms with Gasteiger partial charge in [0.2, 0.25) is 0 Å². The highest BCUT2D eigenvalue weighted by Crippen LogP contribution is 2.06. The highest BCUT2D eigenvalue weighted by Gasteiger charge is 2.05. The predicted octanol–water partition coefficient (Wildman–Crippen LogP) is 1.72. The van der Waals surface area contributed by atoms with Gasteiger partial charge in [-0.2, -0.15) is 0 Å². The van der Waals surface area contributed by atoms with Gasteiger partial charge in [-0.1, -0.05) is 25.1 Å². The molecule has 3 rings (SSSR count). The second-order valence-electron chi connectivity index (χ2n) is 5.63. The van der Waals surface area contributed by atoms with E-state index in [0.29, 0.717) is 12.5 Å². The lowest BCUT2D eigenvalue weighted by Crippen LogP contribution is -2.19. The van der Waals surface area contributed by atoms with E-state index in [1.165, 1.54) is 0 Å². The fourth-order valence-electron chi connectivity index (χ4n) is 2.22. The summed E-state index contributed by atoms with van der Waals surface area (Å²) in [5.74, 6) is 0.637. The van der Waals surface area contributed by atoms with Crippen LogP contribution in [0.4, 0.5) is 0 Å². The molecule has 6 heteroatoms. The number of nitrogens with zero attached hydrogens (tertiary/aromatic N) is 5. The Labute approximate surface area is 123 Å². The van der Waals surface area contributed by atoms with E-state index in [9.17, 15) is 0 Å². The zero-order valence-electron chi connectivity index (χ0n) is 12.4. The van der Waals surface area contributed by atoms with Gasteiger partial charge >= 0.3 is 0 Å². The summed E-state index contributed by atoms with van der Waals surface area (Å²) < 4.78 is 3.84. The van der Waals surface area contributed by atoms with Crippen LogP contribution in [-0.2, 0) is 13.1 Å². The molecule has 0 spiro atoms. The average molecular weight is 284 g/mol. The molecular weight excluding hydrogens is 264 g/mol. The van der Waals surface area contributed by atoms with Crippen molar-refractivity contribution in [1.29, 1.82) is 0 Å². The third-order valence-electron chi connectivity index (χ3n) is 3.18. The van der Waals surface area contributed by atoms with Crippen molar-refractivity contribution in [3.63, 3.8) is 0 Å². The smallest absolute Gasteiger partial charge is 0.137 e. The van der Waals surface area contributed by atoms with Gasteiger partial charge in [0, 0.05) is 18.9 Å². The summed E-state index contributed by atoms with van der Waals surface area (Å²) in [5, 5.41) is 11.7. The first-order chi connectivity index (χ1) is 10.2. The molecule has 0 amide bonds. The third kappa shape index (κ3) is 3.46. The van der Waals surface area contributed by atoms with Crippen LogP contribution in [0.2, 0.25) is 0 Å². The topological polar surface area (TPSA) is 60.0 Å². The van der Waals surface area contributed by atoms with Gasteiger partial charge in [-0.05, 0) is 24.6 Å². The molecule has 0 unspecified atom stereocenters. The first-order valence-corrected chi connectivity index (χ1v) is 7.23. The second-order valence-corrected chi connectivity index (χ2v) is 5.63. The number of fused-ring (bicyclic) bond motifs is 1. The van der Waals surface area contributed by atoms with Crippen LogP contribution in [0.1, 0.15) is 25.2 Å². The van der Waals surface area contributed by atoms with Gasteiger partial charge in [-0.15, -0.1) is 5.10 Å². The highest BCUT2D eigenvalue weighted by atomic mass is 15.4. The average Bonchev–Trinajstić information content (AvgIpc) is 3.04. The van der Waals surface area contributed by atoms with E-state index < -0.39 is 0 Å². The second kappa shape index (κ2) is 6.05. The number of hydrogen-bond acceptors (Lipinski definition) is 4. The fourth-order valence-corrected chi connectivity index (χ4v) is 2.22. The molecule has 0 aliphatic carbocycles. The molecular formula is C15H20N6. The Bertz CT molecular complexity index is 679. The van der Waals surface area contributed by atoms with Crippen molar-refractivity contribution in [2.45, 2.75) is 26.9 Å². The van der Waals surface area contributed by atoms with E-state index in [0.717, 1.165) is 30.1 Å². The zero-order chi connectivity index (χ0) is 14.7. The molecule has 3 heterocycles. The summed E-state index contributed by atoms with van der Waals surface area (Å²) in [6.45, 7) is 6.75. The van der Waals surface area contributed by atoms with Gasteiger partial charge in [0.25, 0.3) is 0 Å². The van der Waals surface area contributed by atoms with Crippen molar-refractivity contribution in [2.75, 3.05) is 6.54 Å². The molecule has 0 aromatic carbocycles. The maximum Gasteiger partial charge on any atom is 0.137 e. The summed E-state index contributed by atoms with van der Waals surface area (Å²) in [7, 11) is 0. The lowest BCUT2D eigenvalue weighted by Gasteiger charge is -2.04. The number of hydrogen-bond donors (Lipinski definition) is 1. The Morgan fingerprint density at radius 1 is 1.19 bits per heavy atom. The maximum atomic E-state index is 4.56. The molecule has 0 saturated carbocycles. The summed E-state index contributed by atoms with van der Waals surface area (Å²) in [5.41, 5.74) is 2.89. The maximum absolute atomic E-state index is 4.56. The Balaban J connectivity index is 1.63. The Morgan fingerprint density at radius 2 is 2.10 bits per heavy atom. The fraction of sp³-hybridized carbons (Fsp3) is 0.400. The van der Waals surface area contributed by atoms with Crippen LogP contribution in [0.15, 0.2) is 36.8 Å². The highest BCUT2D eigenvalue weighted by molar-refractivity contribution is 5.39. The SMILES string of the molecule is CC(C)CNCc1cn(Cc2cn3ccccc3n2)nn1. The molecule has 0 atom stereocenters. The molecule has 3 aromatic heterocycles. The van der Waals surface area contributed by atoms with Crippen LogP contribution < -0.4 is 5.32 Å². The van der Waals surface area contributed by atoms with Crippen LogP contribution in [0.5, 0.6) is 0 Å². The standard InChI is InChI=1S/C15H20N6/c1-12(2)7-16-8-13-10-21(19-18-13)11-14-9-20-6-4-3-5-15(20)17-14/h3-6,9-10,12,16H,7-8,11H2,1-2H3. The minimum Gasteiger partial charge on any atom is -0.311 e. The van der Waals surface area contributed by atoms with Gasteiger partial charge in [-0.3, -0.25) is 0 Å². The van der Waals surface area contributed by atoms with Crippen LogP contribution in [-0.4, -0.2) is 30.9 Å². The van der Waals surface area contributed by atoms with Crippen molar-refractivity contribution in [2.24, 2.45) is 5.92 Å².